The number of primary amides is 1. The van der Waals surface area contributed by atoms with E-state index in [1.807, 2.05) is 11.8 Å². The molecule has 0 aromatic rings. The van der Waals surface area contributed by atoms with Gasteiger partial charge < -0.3 is 10.8 Å². The third-order valence-electron chi connectivity index (χ3n) is 5.24. The number of aliphatic hydroxyl groups excluding tert-OH is 1. The zero-order valence-corrected chi connectivity index (χ0v) is 16.7. The van der Waals surface area contributed by atoms with Crippen molar-refractivity contribution < 1.29 is 18.3 Å². The Balaban J connectivity index is 2.02. The van der Waals surface area contributed by atoms with Crippen LogP contribution < -0.4 is 5.73 Å². The lowest BCUT2D eigenvalue weighted by Crippen LogP contribution is -2.60. The van der Waals surface area contributed by atoms with Gasteiger partial charge in [-0.2, -0.15) is 16.1 Å². The Morgan fingerprint density at radius 2 is 2.28 bits per heavy atom. The molecule has 0 aliphatic carbocycles. The number of carbonyl (C=O) groups excluding carboxylic acids is 1. The molecule has 145 valence electrons. The van der Waals surface area contributed by atoms with Crippen LogP contribution in [0.1, 0.15) is 32.6 Å². The molecular formula is C16H30N3O4S2. The first-order valence-electron chi connectivity index (χ1n) is 8.80. The molecule has 2 saturated heterocycles. The van der Waals surface area contributed by atoms with Crippen LogP contribution in [0.2, 0.25) is 0 Å². The number of nitrogens with zero attached hydrogens (tertiary/aromatic N) is 2. The minimum absolute atomic E-state index is 0.0465. The molecule has 1 amide bonds. The second-order valence-electron chi connectivity index (χ2n) is 6.94. The molecule has 2 aliphatic rings. The maximum atomic E-state index is 12.1. The molecule has 1 unspecified atom stereocenters. The molecular weight excluding hydrogens is 362 g/mol. The SMILES string of the molecule is CCSCCN(CC(O)CN1[C@H]2C[CH]C[C@]1(C(N)=O)CC2)S(C)(=O)=O. The molecule has 3 N–H and O–H groups in total. The van der Waals surface area contributed by atoms with Gasteiger partial charge in [0.15, 0.2) is 0 Å². The number of hydrogen-bond donors (Lipinski definition) is 2. The lowest BCUT2D eigenvalue weighted by Gasteiger charge is -2.43. The highest BCUT2D eigenvalue weighted by Crippen LogP contribution is 2.43. The van der Waals surface area contributed by atoms with Crippen LogP contribution in [0.4, 0.5) is 0 Å². The highest BCUT2D eigenvalue weighted by Gasteiger charge is 2.53. The lowest BCUT2D eigenvalue weighted by atomic mass is 9.87. The van der Waals surface area contributed by atoms with Crippen molar-refractivity contribution in [2.24, 2.45) is 5.73 Å². The van der Waals surface area contributed by atoms with Gasteiger partial charge in [-0.3, -0.25) is 9.69 Å². The standard InChI is InChI=1S/C16H30N3O4S2/c1-3-24-10-9-18(25(2,22)23)11-14(20)12-19-13-5-4-7-16(19,8-6-13)15(17)21/h4,13-14,20H,3,5-12H2,1-2H3,(H2,17,21)/t13-,14?,16+/m0/s1. The average molecular weight is 393 g/mol. The highest BCUT2D eigenvalue weighted by atomic mass is 32.2. The van der Waals surface area contributed by atoms with Gasteiger partial charge in [-0.1, -0.05) is 6.92 Å². The van der Waals surface area contributed by atoms with Gasteiger partial charge in [0.1, 0.15) is 5.54 Å². The zero-order valence-electron chi connectivity index (χ0n) is 15.1. The Hall–Kier alpha value is -0.350. The largest absolute Gasteiger partial charge is 0.390 e. The van der Waals surface area contributed by atoms with Crippen LogP contribution in [0.15, 0.2) is 0 Å². The number of piperidine rings is 1. The monoisotopic (exact) mass is 392 g/mol. The fourth-order valence-corrected chi connectivity index (χ4v) is 5.56. The number of hydrogen-bond acceptors (Lipinski definition) is 6. The maximum Gasteiger partial charge on any atom is 0.237 e. The quantitative estimate of drug-likeness (QED) is 0.509. The molecule has 2 fully saturated rings. The molecule has 0 spiro atoms. The molecule has 2 heterocycles. The Morgan fingerprint density at radius 1 is 1.56 bits per heavy atom. The van der Waals surface area contributed by atoms with Crippen LogP contribution >= 0.6 is 11.8 Å². The minimum atomic E-state index is -3.38. The van der Waals surface area contributed by atoms with Gasteiger partial charge in [0.05, 0.1) is 12.4 Å². The second kappa shape index (κ2) is 8.56. The molecule has 7 nitrogen and oxygen atoms in total. The van der Waals surface area contributed by atoms with E-state index in [0.717, 1.165) is 18.6 Å². The summed E-state index contributed by atoms with van der Waals surface area (Å²) in [6.07, 6.45) is 5.50. The summed E-state index contributed by atoms with van der Waals surface area (Å²) in [5, 5.41) is 10.5. The normalized spacial score (nSPS) is 28.4. The van der Waals surface area contributed by atoms with Crippen LogP contribution in [0.25, 0.3) is 0 Å². The summed E-state index contributed by atoms with van der Waals surface area (Å²) in [6.45, 7) is 2.72. The van der Waals surface area contributed by atoms with Crippen molar-refractivity contribution in [3.05, 3.63) is 6.42 Å². The van der Waals surface area contributed by atoms with Crippen LogP contribution in [0.3, 0.4) is 0 Å². The molecule has 2 aliphatic heterocycles. The second-order valence-corrected chi connectivity index (χ2v) is 10.3. The summed E-state index contributed by atoms with van der Waals surface area (Å²) in [4.78, 5) is 14.1. The summed E-state index contributed by atoms with van der Waals surface area (Å²) >= 11 is 1.67. The number of amides is 1. The van der Waals surface area contributed by atoms with Gasteiger partial charge in [-0.25, -0.2) is 8.42 Å². The predicted molar refractivity (Wildman–Crippen MR) is 101 cm³/mol. The van der Waals surface area contributed by atoms with E-state index in [4.69, 9.17) is 5.73 Å². The van der Waals surface area contributed by atoms with E-state index in [0.29, 0.717) is 25.1 Å². The highest BCUT2D eigenvalue weighted by molar-refractivity contribution is 7.99. The Labute approximate surface area is 155 Å². The fraction of sp³-hybridized carbons (Fsp3) is 0.875. The Morgan fingerprint density at radius 3 is 2.88 bits per heavy atom. The van der Waals surface area contributed by atoms with E-state index in [1.165, 1.54) is 10.6 Å². The average Bonchev–Trinajstić information content (AvgIpc) is 2.72. The summed E-state index contributed by atoms with van der Waals surface area (Å²) in [5.41, 5.74) is 4.96. The molecule has 2 bridgehead atoms. The number of rotatable bonds is 10. The Kier molecular flexibility index (Phi) is 7.17. The fourth-order valence-electron chi connectivity index (χ4n) is 3.95. The molecule has 1 radical (unpaired) electrons. The van der Waals surface area contributed by atoms with E-state index in [2.05, 4.69) is 6.42 Å². The third-order valence-corrected chi connectivity index (χ3v) is 7.39. The first-order valence-corrected chi connectivity index (χ1v) is 11.8. The van der Waals surface area contributed by atoms with Crippen molar-refractivity contribution >= 4 is 27.7 Å². The summed E-state index contributed by atoms with van der Waals surface area (Å²) in [5.74, 6) is 1.27. The molecule has 0 aromatic carbocycles. The summed E-state index contributed by atoms with van der Waals surface area (Å²) in [6, 6.07) is 0.207. The van der Waals surface area contributed by atoms with Crippen molar-refractivity contribution in [1.29, 1.82) is 0 Å². The summed E-state index contributed by atoms with van der Waals surface area (Å²) < 4.78 is 25.3. The van der Waals surface area contributed by atoms with Crippen molar-refractivity contribution in [3.8, 4) is 0 Å². The molecule has 0 aromatic heterocycles. The minimum Gasteiger partial charge on any atom is -0.390 e. The number of β-amino-alcohol motifs (C(OH)–C–C–N with tert-alkyl or cyclic N) is 1. The number of thioether (sulfide) groups is 1. The molecule has 0 saturated carbocycles. The smallest absolute Gasteiger partial charge is 0.237 e. The number of sulfonamides is 1. The summed E-state index contributed by atoms with van der Waals surface area (Å²) in [7, 11) is -3.38. The lowest BCUT2D eigenvalue weighted by molar-refractivity contribution is -0.131. The predicted octanol–water partition coefficient (Wildman–Crippen LogP) is 0.0486. The molecule has 3 atom stereocenters. The van der Waals surface area contributed by atoms with E-state index < -0.39 is 21.7 Å². The number of nitrogens with two attached hydrogens (primary N) is 1. The van der Waals surface area contributed by atoms with E-state index in [9.17, 15) is 18.3 Å². The number of fused-ring (bicyclic) bond motifs is 2. The van der Waals surface area contributed by atoms with Crippen LogP contribution in [0, 0.1) is 6.42 Å². The van der Waals surface area contributed by atoms with E-state index in [-0.39, 0.29) is 25.0 Å². The molecule has 25 heavy (non-hydrogen) atoms. The van der Waals surface area contributed by atoms with Crippen LogP contribution in [-0.2, 0) is 14.8 Å². The third kappa shape index (κ3) is 4.88. The van der Waals surface area contributed by atoms with Gasteiger partial charge in [0, 0.05) is 31.4 Å². The molecule has 9 heteroatoms. The Bertz CT molecular complexity index is 568. The first-order chi connectivity index (χ1) is 11.7. The van der Waals surface area contributed by atoms with Crippen molar-refractivity contribution in [3.63, 3.8) is 0 Å². The maximum absolute atomic E-state index is 12.1. The first kappa shape index (κ1) is 21.0. The van der Waals surface area contributed by atoms with Gasteiger partial charge in [0.25, 0.3) is 0 Å². The molecule has 2 rings (SSSR count). The van der Waals surface area contributed by atoms with Gasteiger partial charge in [0.2, 0.25) is 15.9 Å². The van der Waals surface area contributed by atoms with Gasteiger partial charge >= 0.3 is 0 Å². The van der Waals surface area contributed by atoms with Gasteiger partial charge in [-0.05, 0) is 37.9 Å². The zero-order chi connectivity index (χ0) is 18.7. The van der Waals surface area contributed by atoms with Crippen LogP contribution in [0.5, 0.6) is 0 Å². The topological polar surface area (TPSA) is 104 Å². The van der Waals surface area contributed by atoms with Crippen molar-refractivity contribution in [2.75, 3.05) is 37.4 Å². The number of carbonyl (C=O) groups is 1. The van der Waals surface area contributed by atoms with Crippen molar-refractivity contribution in [1.82, 2.24) is 9.21 Å². The van der Waals surface area contributed by atoms with Crippen LogP contribution in [-0.4, -0.2) is 83.7 Å². The van der Waals surface area contributed by atoms with E-state index >= 15 is 0 Å². The van der Waals surface area contributed by atoms with Gasteiger partial charge in [-0.15, -0.1) is 0 Å². The number of aliphatic hydroxyl groups is 1. The van der Waals surface area contributed by atoms with Crippen molar-refractivity contribution in [2.45, 2.75) is 50.3 Å². The van der Waals surface area contributed by atoms with E-state index in [1.54, 1.807) is 11.8 Å².